The number of sulfonamides is 1. The van der Waals surface area contributed by atoms with Gasteiger partial charge in [0.25, 0.3) is 0 Å². The van der Waals surface area contributed by atoms with Gasteiger partial charge in [-0.25, -0.2) is 8.42 Å². The highest BCUT2D eigenvalue weighted by molar-refractivity contribution is 7.89. The Morgan fingerprint density at radius 3 is 2.00 bits per heavy atom. The highest BCUT2D eigenvalue weighted by Gasteiger charge is 2.32. The molecule has 192 valence electrons. The maximum Gasteiger partial charge on any atom is 0.324 e. The molecule has 0 heterocycles. The largest absolute Gasteiger partial charge is 0.465 e. The quantitative estimate of drug-likeness (QED) is 0.315. The Labute approximate surface area is 220 Å². The summed E-state index contributed by atoms with van der Waals surface area (Å²) < 4.78 is 33.6. The van der Waals surface area contributed by atoms with Crippen molar-refractivity contribution >= 4 is 38.3 Å². The molecule has 4 aromatic rings. The summed E-state index contributed by atoms with van der Waals surface area (Å²) in [5.41, 5.74) is 2.57. The second-order valence-electron chi connectivity index (χ2n) is 9.23. The fourth-order valence-electron chi connectivity index (χ4n) is 4.63. The molecule has 1 atom stereocenters. The van der Waals surface area contributed by atoms with Crippen LogP contribution in [0.3, 0.4) is 0 Å². The Morgan fingerprint density at radius 2 is 1.39 bits per heavy atom. The highest BCUT2D eigenvalue weighted by atomic mass is 32.2. The molecule has 0 fully saturated rings. The van der Waals surface area contributed by atoms with E-state index in [1.807, 2.05) is 31.2 Å². The molecule has 0 aromatic heterocycles. The first kappa shape index (κ1) is 25.5. The summed E-state index contributed by atoms with van der Waals surface area (Å²) in [6, 6.07) is 20.7. The van der Waals surface area contributed by atoms with Gasteiger partial charge in [-0.15, -0.1) is 0 Å². The zero-order chi connectivity index (χ0) is 27.0. The molecule has 1 N–H and O–H groups in total. The van der Waals surface area contributed by atoms with Gasteiger partial charge in [-0.3, -0.25) is 14.4 Å². The third-order valence-electron chi connectivity index (χ3n) is 6.59. The van der Waals surface area contributed by atoms with Crippen LogP contribution in [0.1, 0.15) is 49.9 Å². The van der Waals surface area contributed by atoms with E-state index in [0.29, 0.717) is 16.7 Å². The maximum absolute atomic E-state index is 13.5. The van der Waals surface area contributed by atoms with Crippen LogP contribution in [-0.4, -0.2) is 38.6 Å². The molecule has 0 aliphatic heterocycles. The summed E-state index contributed by atoms with van der Waals surface area (Å²) >= 11 is 0. The predicted octanol–water partition coefficient (Wildman–Crippen LogP) is 4.38. The van der Waals surface area contributed by atoms with Crippen LogP contribution in [-0.2, 0) is 26.0 Å². The lowest BCUT2D eigenvalue weighted by Crippen LogP contribution is -2.43. The molecule has 0 saturated heterocycles. The number of aryl methyl sites for hydroxylation is 1. The Bertz CT molecular complexity index is 1710. The number of ketones is 2. The zero-order valence-corrected chi connectivity index (χ0v) is 21.7. The van der Waals surface area contributed by atoms with Crippen LogP contribution < -0.4 is 4.72 Å². The van der Waals surface area contributed by atoms with Gasteiger partial charge in [-0.2, -0.15) is 4.72 Å². The first-order chi connectivity index (χ1) is 18.2. The van der Waals surface area contributed by atoms with Gasteiger partial charge in [-0.05, 0) is 66.9 Å². The van der Waals surface area contributed by atoms with E-state index < -0.39 is 22.0 Å². The minimum atomic E-state index is -4.03. The van der Waals surface area contributed by atoms with Crippen molar-refractivity contribution < 1.29 is 27.5 Å². The van der Waals surface area contributed by atoms with E-state index >= 15 is 0 Å². The average Bonchev–Trinajstić information content (AvgIpc) is 2.91. The number of fused-ring (bicyclic) bond motifs is 3. The third kappa shape index (κ3) is 4.76. The normalized spacial score (nSPS) is 13.6. The molecular weight excluding hydrogens is 502 g/mol. The van der Waals surface area contributed by atoms with E-state index in [-0.39, 0.29) is 40.6 Å². The summed E-state index contributed by atoms with van der Waals surface area (Å²) in [6.45, 7) is 3.55. The van der Waals surface area contributed by atoms with Crippen LogP contribution in [0.15, 0.2) is 83.8 Å². The lowest BCUT2D eigenvalue weighted by Gasteiger charge is -2.21. The molecule has 38 heavy (non-hydrogen) atoms. The van der Waals surface area contributed by atoms with E-state index in [1.165, 1.54) is 12.1 Å². The molecule has 0 amide bonds. The first-order valence-electron chi connectivity index (χ1n) is 12.2. The van der Waals surface area contributed by atoms with Crippen molar-refractivity contribution in [1.82, 2.24) is 4.72 Å². The van der Waals surface area contributed by atoms with E-state index in [0.717, 1.165) is 16.3 Å². The van der Waals surface area contributed by atoms with E-state index in [4.69, 9.17) is 4.74 Å². The molecule has 0 spiro atoms. The van der Waals surface area contributed by atoms with Crippen molar-refractivity contribution in [1.29, 1.82) is 0 Å². The molecule has 0 bridgehead atoms. The summed E-state index contributed by atoms with van der Waals surface area (Å²) in [4.78, 5) is 39.5. The van der Waals surface area contributed by atoms with Crippen LogP contribution in [0.5, 0.6) is 0 Å². The number of rotatable bonds is 7. The van der Waals surface area contributed by atoms with Crippen LogP contribution in [0.4, 0.5) is 0 Å². The van der Waals surface area contributed by atoms with Gasteiger partial charge in [0.2, 0.25) is 10.0 Å². The number of hydrogen-bond donors (Lipinski definition) is 1. The predicted molar refractivity (Wildman–Crippen MR) is 143 cm³/mol. The minimum Gasteiger partial charge on any atom is -0.465 e. The molecule has 8 heteroatoms. The van der Waals surface area contributed by atoms with Crippen molar-refractivity contribution in [3.05, 3.63) is 112 Å². The van der Waals surface area contributed by atoms with Crippen LogP contribution >= 0.6 is 0 Å². The molecule has 1 aliphatic carbocycles. The molecule has 0 saturated carbocycles. The summed E-state index contributed by atoms with van der Waals surface area (Å²) in [5.74, 6) is -1.29. The summed E-state index contributed by atoms with van der Waals surface area (Å²) in [6.07, 6.45) is -0.0662. The number of hydrogen-bond acceptors (Lipinski definition) is 6. The Hall–Kier alpha value is -4.14. The molecule has 0 radical (unpaired) electrons. The van der Waals surface area contributed by atoms with Gasteiger partial charge in [-0.1, -0.05) is 54.1 Å². The van der Waals surface area contributed by atoms with Crippen molar-refractivity contribution in [2.45, 2.75) is 31.2 Å². The highest BCUT2D eigenvalue weighted by Crippen LogP contribution is 2.31. The standard InChI is InChI=1S/C30H25NO6S/c1-3-37-30(34)27(31-38(35,36)22-11-8-18(2)9-12-22)15-19-10-13-23-24(14-19)29(33)26-17-21-7-5-4-6-20(21)16-25(26)28(23)32/h4-14,16-17,27,31H,3,15H2,1-2H3. The fraction of sp³-hybridized carbons (Fsp3) is 0.167. The molecular formula is C30H25NO6S. The summed E-state index contributed by atoms with van der Waals surface area (Å²) in [5, 5.41) is 1.71. The monoisotopic (exact) mass is 527 g/mol. The number of nitrogens with one attached hydrogen (secondary N) is 1. The second-order valence-corrected chi connectivity index (χ2v) is 10.9. The Morgan fingerprint density at radius 1 is 0.816 bits per heavy atom. The molecule has 4 aromatic carbocycles. The zero-order valence-electron chi connectivity index (χ0n) is 20.9. The molecule has 5 rings (SSSR count). The summed E-state index contributed by atoms with van der Waals surface area (Å²) in [7, 11) is -4.03. The van der Waals surface area contributed by atoms with E-state index in [2.05, 4.69) is 4.72 Å². The maximum atomic E-state index is 13.5. The van der Waals surface area contributed by atoms with Crippen molar-refractivity contribution in [3.63, 3.8) is 0 Å². The van der Waals surface area contributed by atoms with Gasteiger partial charge < -0.3 is 4.74 Å². The topological polar surface area (TPSA) is 107 Å². The number of esters is 1. The van der Waals surface area contributed by atoms with E-state index in [9.17, 15) is 22.8 Å². The van der Waals surface area contributed by atoms with Gasteiger partial charge >= 0.3 is 5.97 Å². The van der Waals surface area contributed by atoms with Gasteiger partial charge in [0.05, 0.1) is 11.5 Å². The Kier molecular flexibility index (Phi) is 6.69. The van der Waals surface area contributed by atoms with Crippen molar-refractivity contribution in [2.75, 3.05) is 6.61 Å². The third-order valence-corrected chi connectivity index (χ3v) is 8.08. The first-order valence-corrected chi connectivity index (χ1v) is 13.7. The number of benzene rings is 4. The van der Waals surface area contributed by atoms with Gasteiger partial charge in [0.15, 0.2) is 11.6 Å². The number of carbonyl (C=O) groups is 3. The lowest BCUT2D eigenvalue weighted by molar-refractivity contribution is -0.145. The number of ether oxygens (including phenoxy) is 1. The molecule has 7 nitrogen and oxygen atoms in total. The van der Waals surface area contributed by atoms with Crippen molar-refractivity contribution in [2.24, 2.45) is 0 Å². The SMILES string of the molecule is CCOC(=O)C(Cc1ccc2c(c1)C(=O)c1cc3ccccc3cc1C2=O)NS(=O)(=O)c1ccc(C)cc1. The van der Waals surface area contributed by atoms with Crippen molar-refractivity contribution in [3.8, 4) is 0 Å². The van der Waals surface area contributed by atoms with Gasteiger partial charge in [0, 0.05) is 22.3 Å². The molecule has 1 unspecified atom stereocenters. The smallest absolute Gasteiger partial charge is 0.324 e. The average molecular weight is 528 g/mol. The Balaban J connectivity index is 1.48. The van der Waals surface area contributed by atoms with E-state index in [1.54, 1.807) is 49.4 Å². The van der Waals surface area contributed by atoms with Crippen LogP contribution in [0.25, 0.3) is 10.8 Å². The lowest BCUT2D eigenvalue weighted by atomic mass is 9.81. The fourth-order valence-corrected chi connectivity index (χ4v) is 5.82. The van der Waals surface area contributed by atoms with Crippen LogP contribution in [0, 0.1) is 6.92 Å². The minimum absolute atomic E-state index is 0.0208. The molecule has 1 aliphatic rings. The second kappa shape index (κ2) is 9.96. The number of carbonyl (C=O) groups excluding carboxylic acids is 3. The van der Waals surface area contributed by atoms with Gasteiger partial charge in [0.1, 0.15) is 6.04 Å². The van der Waals surface area contributed by atoms with Crippen LogP contribution in [0.2, 0.25) is 0 Å².